The summed E-state index contributed by atoms with van der Waals surface area (Å²) in [5.74, 6) is -0.809. The maximum absolute atomic E-state index is 13.1. The molecule has 0 aliphatic heterocycles. The molecule has 2 aromatic heterocycles. The summed E-state index contributed by atoms with van der Waals surface area (Å²) in [6, 6.07) is 0. The van der Waals surface area contributed by atoms with Crippen LogP contribution in [-0.2, 0) is 24.5 Å². The van der Waals surface area contributed by atoms with Crippen LogP contribution < -0.4 is 0 Å². The van der Waals surface area contributed by atoms with Crippen molar-refractivity contribution in [1.82, 2.24) is 24.5 Å². The second kappa shape index (κ2) is 5.54. The molecule has 7 nitrogen and oxygen atoms in total. The van der Waals surface area contributed by atoms with E-state index in [0.717, 1.165) is 0 Å². The van der Waals surface area contributed by atoms with Gasteiger partial charge < -0.3 is 9.30 Å². The fraction of sp³-hybridized carbons (Fsp3) is 0.455. The number of aromatic nitrogens is 5. The van der Waals surface area contributed by atoms with Crippen LogP contribution in [0, 0.1) is 0 Å². The van der Waals surface area contributed by atoms with Crippen molar-refractivity contribution in [2.24, 2.45) is 7.05 Å². The number of esters is 1. The van der Waals surface area contributed by atoms with E-state index in [2.05, 4.69) is 20.0 Å². The van der Waals surface area contributed by atoms with Crippen LogP contribution in [0.1, 0.15) is 28.9 Å². The van der Waals surface area contributed by atoms with Gasteiger partial charge in [0.05, 0.1) is 6.61 Å². The molecule has 0 aliphatic carbocycles. The Morgan fingerprint density at radius 1 is 1.43 bits per heavy atom. The van der Waals surface area contributed by atoms with Crippen molar-refractivity contribution < 1.29 is 22.7 Å². The summed E-state index contributed by atoms with van der Waals surface area (Å²) in [6.45, 7) is 1.18. The lowest BCUT2D eigenvalue weighted by Gasteiger charge is -2.10. The Hall–Kier alpha value is -2.39. The lowest BCUT2D eigenvalue weighted by Crippen LogP contribution is -2.20. The maximum atomic E-state index is 13.1. The molecule has 0 amide bonds. The van der Waals surface area contributed by atoms with E-state index in [0.29, 0.717) is 10.5 Å². The average molecular weight is 303 g/mol. The van der Waals surface area contributed by atoms with Gasteiger partial charge in [0.25, 0.3) is 0 Å². The highest BCUT2D eigenvalue weighted by molar-refractivity contribution is 5.88. The first-order valence-corrected chi connectivity index (χ1v) is 5.98. The Morgan fingerprint density at radius 3 is 2.67 bits per heavy atom. The molecule has 0 fully saturated rings. The Labute approximate surface area is 117 Å². The number of carbonyl (C=O) groups excluding carboxylic acids is 1. The van der Waals surface area contributed by atoms with Gasteiger partial charge in [-0.1, -0.05) is 5.21 Å². The van der Waals surface area contributed by atoms with Gasteiger partial charge in [-0.15, -0.1) is 5.10 Å². The number of ether oxygens (including phenoxy) is 1. The molecule has 0 saturated heterocycles. The van der Waals surface area contributed by atoms with Crippen molar-refractivity contribution in [3.63, 3.8) is 0 Å². The summed E-state index contributed by atoms with van der Waals surface area (Å²) in [5.41, 5.74) is -2.09. The minimum atomic E-state index is -4.78. The summed E-state index contributed by atoms with van der Waals surface area (Å²) >= 11 is 0. The Bertz CT molecular complexity index is 647. The van der Waals surface area contributed by atoms with Crippen molar-refractivity contribution >= 4 is 5.97 Å². The zero-order valence-electron chi connectivity index (χ0n) is 11.3. The molecule has 0 bridgehead atoms. The van der Waals surface area contributed by atoms with Crippen molar-refractivity contribution in [2.45, 2.75) is 19.6 Å². The largest absolute Gasteiger partial charge is 0.461 e. The fourth-order valence-electron chi connectivity index (χ4n) is 1.72. The predicted octanol–water partition coefficient (Wildman–Crippen LogP) is 1.26. The second-order valence-corrected chi connectivity index (χ2v) is 4.12. The van der Waals surface area contributed by atoms with Crippen molar-refractivity contribution in [3.8, 4) is 0 Å². The van der Waals surface area contributed by atoms with Crippen LogP contribution in [0.15, 0.2) is 12.4 Å². The van der Waals surface area contributed by atoms with E-state index in [-0.39, 0.29) is 13.2 Å². The van der Waals surface area contributed by atoms with Crippen LogP contribution in [0.4, 0.5) is 13.2 Å². The molecular weight excluding hydrogens is 291 g/mol. The van der Waals surface area contributed by atoms with Crippen LogP contribution in [-0.4, -0.2) is 37.1 Å². The number of hydrogen-bond acceptors (Lipinski definition) is 5. The minimum Gasteiger partial charge on any atom is -0.461 e. The molecule has 0 atom stereocenters. The van der Waals surface area contributed by atoms with Crippen molar-refractivity contribution in [1.29, 1.82) is 0 Å². The topological polar surface area (TPSA) is 74.8 Å². The third kappa shape index (κ3) is 3.03. The molecule has 2 aromatic rings. The normalized spacial score (nSPS) is 11.7. The number of alkyl halides is 3. The molecule has 2 rings (SSSR count). The molecule has 0 aliphatic rings. The number of halogens is 3. The Morgan fingerprint density at radius 2 is 2.14 bits per heavy atom. The number of rotatable bonds is 4. The number of carbonyl (C=O) groups is 1. The lowest BCUT2D eigenvalue weighted by molar-refractivity contribution is -0.144. The van der Waals surface area contributed by atoms with E-state index in [1.54, 1.807) is 17.8 Å². The van der Waals surface area contributed by atoms with Crippen LogP contribution in [0.5, 0.6) is 0 Å². The third-order valence-corrected chi connectivity index (χ3v) is 2.68. The first-order valence-electron chi connectivity index (χ1n) is 5.98. The van der Waals surface area contributed by atoms with Crippen LogP contribution in [0.3, 0.4) is 0 Å². The van der Waals surface area contributed by atoms with E-state index in [4.69, 9.17) is 0 Å². The highest BCUT2D eigenvalue weighted by atomic mass is 19.4. The summed E-state index contributed by atoms with van der Waals surface area (Å²) in [4.78, 5) is 15.5. The standard InChI is InChI=1S/C11H12F3N5O2/c1-3-21-10(20)8-9(11(12,13)14)19(17-16-8)6-7-15-4-5-18(7)2/h4-5H,3,6H2,1-2H3. The van der Waals surface area contributed by atoms with Gasteiger partial charge in [0.15, 0.2) is 5.69 Å². The molecule has 10 heteroatoms. The molecule has 0 saturated carbocycles. The van der Waals surface area contributed by atoms with E-state index in [9.17, 15) is 18.0 Å². The third-order valence-electron chi connectivity index (χ3n) is 2.68. The fourth-order valence-corrected chi connectivity index (χ4v) is 1.72. The summed E-state index contributed by atoms with van der Waals surface area (Å²) in [5, 5.41) is 6.69. The van der Waals surface area contributed by atoms with Gasteiger partial charge in [-0.2, -0.15) is 13.2 Å². The van der Waals surface area contributed by atoms with Gasteiger partial charge in [0, 0.05) is 19.4 Å². The summed E-state index contributed by atoms with van der Waals surface area (Å²) in [6.07, 6.45) is -1.74. The highest BCUT2D eigenvalue weighted by Crippen LogP contribution is 2.31. The van der Waals surface area contributed by atoms with Gasteiger partial charge in [-0.05, 0) is 6.92 Å². The first kappa shape index (κ1) is 15.0. The average Bonchev–Trinajstić information content (AvgIpc) is 2.97. The number of nitrogens with zero attached hydrogens (tertiary/aromatic N) is 5. The summed E-state index contributed by atoms with van der Waals surface area (Å²) < 4.78 is 46.1. The molecule has 0 spiro atoms. The Kier molecular flexibility index (Phi) is 3.96. The van der Waals surface area contributed by atoms with Crippen molar-refractivity contribution in [2.75, 3.05) is 6.61 Å². The Balaban J connectivity index is 2.42. The van der Waals surface area contributed by atoms with Gasteiger partial charge in [-0.3, -0.25) is 0 Å². The molecule has 0 unspecified atom stereocenters. The van der Waals surface area contributed by atoms with Crippen LogP contribution >= 0.6 is 0 Å². The van der Waals surface area contributed by atoms with E-state index in [1.165, 1.54) is 13.1 Å². The molecular formula is C11H12F3N5O2. The number of imidazole rings is 1. The first-order chi connectivity index (χ1) is 9.84. The predicted molar refractivity (Wildman–Crippen MR) is 63.3 cm³/mol. The van der Waals surface area contributed by atoms with E-state index >= 15 is 0 Å². The number of hydrogen-bond donors (Lipinski definition) is 0. The summed E-state index contributed by atoms with van der Waals surface area (Å²) in [7, 11) is 1.64. The van der Waals surface area contributed by atoms with Crippen molar-refractivity contribution in [3.05, 3.63) is 29.6 Å². The van der Waals surface area contributed by atoms with Crippen LogP contribution in [0.2, 0.25) is 0 Å². The lowest BCUT2D eigenvalue weighted by atomic mass is 10.3. The molecule has 2 heterocycles. The molecule has 0 radical (unpaired) electrons. The van der Waals surface area contributed by atoms with Gasteiger partial charge in [0.1, 0.15) is 12.4 Å². The monoisotopic (exact) mass is 303 g/mol. The zero-order chi connectivity index (χ0) is 15.6. The van der Waals surface area contributed by atoms with Gasteiger partial charge in [0.2, 0.25) is 5.69 Å². The number of aryl methyl sites for hydroxylation is 1. The SMILES string of the molecule is CCOC(=O)c1nnn(Cc2nccn2C)c1C(F)(F)F. The van der Waals surface area contributed by atoms with Gasteiger partial charge >= 0.3 is 12.1 Å². The minimum absolute atomic E-state index is 0.0532. The molecule has 114 valence electrons. The quantitative estimate of drug-likeness (QED) is 0.795. The van der Waals surface area contributed by atoms with Crippen LogP contribution in [0.25, 0.3) is 0 Å². The second-order valence-electron chi connectivity index (χ2n) is 4.12. The zero-order valence-corrected chi connectivity index (χ0v) is 11.3. The maximum Gasteiger partial charge on any atom is 0.435 e. The smallest absolute Gasteiger partial charge is 0.435 e. The highest BCUT2D eigenvalue weighted by Gasteiger charge is 2.42. The van der Waals surface area contributed by atoms with E-state index in [1.807, 2.05) is 0 Å². The van der Waals surface area contributed by atoms with E-state index < -0.39 is 23.5 Å². The molecule has 0 aromatic carbocycles. The molecule has 0 N–H and O–H groups in total. The van der Waals surface area contributed by atoms with Gasteiger partial charge in [-0.25, -0.2) is 14.5 Å². The molecule has 21 heavy (non-hydrogen) atoms.